The fourth-order valence-corrected chi connectivity index (χ4v) is 2.65. The van der Waals surface area contributed by atoms with Crippen LogP contribution in [-0.4, -0.2) is 19.7 Å². The van der Waals surface area contributed by atoms with Crippen LogP contribution in [0.15, 0.2) is 45.6 Å². The molecule has 0 amide bonds. The van der Waals surface area contributed by atoms with Gasteiger partial charge >= 0.3 is 5.97 Å². The summed E-state index contributed by atoms with van der Waals surface area (Å²) in [6.07, 6.45) is 0. The Balaban J connectivity index is 2.25. The third-order valence-electron chi connectivity index (χ3n) is 4.34. The molecule has 0 bridgehead atoms. The minimum absolute atomic E-state index is 0.00926. The van der Waals surface area contributed by atoms with Crippen molar-refractivity contribution in [3.63, 3.8) is 0 Å². The molecule has 2 aromatic carbocycles. The first kappa shape index (κ1) is 17.7. The summed E-state index contributed by atoms with van der Waals surface area (Å²) in [5.41, 5.74) is 3.96. The van der Waals surface area contributed by atoms with Crippen LogP contribution in [0.25, 0.3) is 22.3 Å². The van der Waals surface area contributed by atoms with Gasteiger partial charge < -0.3 is 13.9 Å². The zero-order valence-corrected chi connectivity index (χ0v) is 15.2. The molecular formula is C21H20O5. The molecule has 0 radical (unpaired) electrons. The number of ether oxygens (including phenoxy) is 2. The molecule has 3 aromatic rings. The van der Waals surface area contributed by atoms with E-state index >= 15 is 0 Å². The van der Waals surface area contributed by atoms with Crippen LogP contribution >= 0.6 is 0 Å². The van der Waals surface area contributed by atoms with Crippen molar-refractivity contribution in [3.8, 4) is 17.1 Å². The van der Waals surface area contributed by atoms with Gasteiger partial charge in [-0.3, -0.25) is 4.79 Å². The number of fused-ring (bicyclic) bond motifs is 1. The number of hydrogen-bond donors (Lipinski definition) is 0. The molecule has 0 aliphatic rings. The summed E-state index contributed by atoms with van der Waals surface area (Å²) in [4.78, 5) is 24.5. The quantitative estimate of drug-likeness (QED) is 0.666. The van der Waals surface area contributed by atoms with Gasteiger partial charge in [0.15, 0.2) is 12.4 Å². The normalized spacial score (nSPS) is 10.8. The molecule has 0 aliphatic carbocycles. The maximum absolute atomic E-state index is 13.0. The van der Waals surface area contributed by atoms with E-state index in [1.54, 1.807) is 6.07 Å². The highest BCUT2D eigenvalue weighted by molar-refractivity contribution is 5.83. The molecule has 5 heteroatoms. The van der Waals surface area contributed by atoms with Crippen LogP contribution in [0.5, 0.6) is 5.75 Å². The van der Waals surface area contributed by atoms with Gasteiger partial charge in [-0.1, -0.05) is 29.8 Å². The largest absolute Gasteiger partial charge is 0.474 e. The average Bonchev–Trinajstić information content (AvgIpc) is 2.63. The Labute approximate surface area is 151 Å². The van der Waals surface area contributed by atoms with E-state index in [1.807, 2.05) is 51.1 Å². The molecule has 5 nitrogen and oxygen atoms in total. The molecule has 0 atom stereocenters. The Morgan fingerprint density at radius 1 is 1.04 bits per heavy atom. The van der Waals surface area contributed by atoms with Crippen molar-refractivity contribution in [2.24, 2.45) is 0 Å². The van der Waals surface area contributed by atoms with Gasteiger partial charge in [0, 0.05) is 5.56 Å². The highest BCUT2D eigenvalue weighted by Crippen LogP contribution is 2.32. The first-order chi connectivity index (χ1) is 12.4. The van der Waals surface area contributed by atoms with E-state index in [-0.39, 0.29) is 17.8 Å². The number of esters is 1. The number of aryl methyl sites for hydroxylation is 3. The Morgan fingerprint density at radius 3 is 2.35 bits per heavy atom. The molecule has 1 heterocycles. The van der Waals surface area contributed by atoms with Crippen LogP contribution in [0.4, 0.5) is 0 Å². The number of hydrogen-bond acceptors (Lipinski definition) is 5. The SMILES string of the molecule is COC(=O)COc1c(-c2ccc(C)cc2)oc2cc(C)c(C)cc2c1=O. The van der Waals surface area contributed by atoms with Gasteiger partial charge in [-0.05, 0) is 44.0 Å². The standard InChI is InChI=1S/C21H20O5/c1-12-5-7-15(8-6-12)20-21(25-11-18(22)24-4)19(23)16-9-13(2)14(3)10-17(16)26-20/h5-10H,11H2,1-4H3. The summed E-state index contributed by atoms with van der Waals surface area (Å²) in [6.45, 7) is 5.50. The number of rotatable bonds is 4. The van der Waals surface area contributed by atoms with E-state index in [0.717, 1.165) is 16.7 Å². The summed E-state index contributed by atoms with van der Waals surface area (Å²) in [5.74, 6) is -0.260. The van der Waals surface area contributed by atoms with E-state index in [9.17, 15) is 9.59 Å². The minimum atomic E-state index is -0.570. The molecule has 26 heavy (non-hydrogen) atoms. The van der Waals surface area contributed by atoms with Crippen LogP contribution in [0.3, 0.4) is 0 Å². The first-order valence-electron chi connectivity index (χ1n) is 8.25. The summed E-state index contributed by atoms with van der Waals surface area (Å²) < 4.78 is 16.1. The fraction of sp³-hybridized carbons (Fsp3) is 0.238. The van der Waals surface area contributed by atoms with Crippen molar-refractivity contribution >= 4 is 16.9 Å². The summed E-state index contributed by atoms with van der Waals surface area (Å²) in [7, 11) is 1.27. The average molecular weight is 352 g/mol. The molecule has 0 unspecified atom stereocenters. The van der Waals surface area contributed by atoms with Crippen molar-refractivity contribution in [1.29, 1.82) is 0 Å². The highest BCUT2D eigenvalue weighted by Gasteiger charge is 2.19. The van der Waals surface area contributed by atoms with Crippen molar-refractivity contribution in [3.05, 3.63) is 63.3 Å². The van der Waals surface area contributed by atoms with Crippen LogP contribution in [-0.2, 0) is 9.53 Å². The molecular weight excluding hydrogens is 332 g/mol. The van der Waals surface area contributed by atoms with Gasteiger partial charge in [0.25, 0.3) is 0 Å². The molecule has 3 rings (SSSR count). The Morgan fingerprint density at radius 2 is 1.69 bits per heavy atom. The topological polar surface area (TPSA) is 65.7 Å². The smallest absolute Gasteiger partial charge is 0.343 e. The monoisotopic (exact) mass is 352 g/mol. The Bertz CT molecular complexity index is 1030. The van der Waals surface area contributed by atoms with E-state index in [1.165, 1.54) is 7.11 Å². The molecule has 0 saturated heterocycles. The number of carbonyl (C=O) groups is 1. The second-order valence-corrected chi connectivity index (χ2v) is 6.25. The van der Waals surface area contributed by atoms with Crippen molar-refractivity contribution < 1.29 is 18.7 Å². The van der Waals surface area contributed by atoms with E-state index in [0.29, 0.717) is 22.3 Å². The lowest BCUT2D eigenvalue weighted by Gasteiger charge is -2.12. The molecule has 0 fully saturated rings. The number of methoxy groups -OCH3 is 1. The first-order valence-corrected chi connectivity index (χ1v) is 8.25. The second kappa shape index (κ2) is 7.04. The van der Waals surface area contributed by atoms with Gasteiger partial charge in [-0.15, -0.1) is 0 Å². The molecule has 0 aliphatic heterocycles. The van der Waals surface area contributed by atoms with Gasteiger partial charge in [-0.2, -0.15) is 0 Å². The van der Waals surface area contributed by atoms with Gasteiger partial charge in [0.2, 0.25) is 11.2 Å². The maximum atomic E-state index is 13.0. The van der Waals surface area contributed by atoms with Gasteiger partial charge in [-0.25, -0.2) is 4.79 Å². The third kappa shape index (κ3) is 3.33. The van der Waals surface area contributed by atoms with Gasteiger partial charge in [0.05, 0.1) is 12.5 Å². The molecule has 0 N–H and O–H groups in total. The lowest BCUT2D eigenvalue weighted by Crippen LogP contribution is -2.17. The second-order valence-electron chi connectivity index (χ2n) is 6.25. The summed E-state index contributed by atoms with van der Waals surface area (Å²) in [6, 6.07) is 11.2. The van der Waals surface area contributed by atoms with E-state index in [2.05, 4.69) is 4.74 Å². The Kier molecular flexibility index (Phi) is 4.80. The summed E-state index contributed by atoms with van der Waals surface area (Å²) in [5, 5.41) is 0.420. The Hall–Kier alpha value is -3.08. The minimum Gasteiger partial charge on any atom is -0.474 e. The van der Waals surface area contributed by atoms with Gasteiger partial charge in [0.1, 0.15) is 5.58 Å². The van der Waals surface area contributed by atoms with Crippen LogP contribution < -0.4 is 10.2 Å². The highest BCUT2D eigenvalue weighted by atomic mass is 16.6. The van der Waals surface area contributed by atoms with Crippen molar-refractivity contribution in [2.45, 2.75) is 20.8 Å². The predicted molar refractivity (Wildman–Crippen MR) is 99.6 cm³/mol. The van der Waals surface area contributed by atoms with Crippen LogP contribution in [0, 0.1) is 20.8 Å². The molecule has 0 spiro atoms. The predicted octanol–water partition coefficient (Wildman–Crippen LogP) is 3.94. The molecule has 1 aromatic heterocycles. The lowest BCUT2D eigenvalue weighted by atomic mass is 10.0. The van der Waals surface area contributed by atoms with E-state index < -0.39 is 5.97 Å². The number of carbonyl (C=O) groups excluding carboxylic acids is 1. The zero-order chi connectivity index (χ0) is 18.8. The third-order valence-corrected chi connectivity index (χ3v) is 4.34. The molecule has 134 valence electrons. The van der Waals surface area contributed by atoms with Crippen LogP contribution in [0.1, 0.15) is 16.7 Å². The number of benzene rings is 2. The zero-order valence-electron chi connectivity index (χ0n) is 15.2. The van der Waals surface area contributed by atoms with Crippen molar-refractivity contribution in [2.75, 3.05) is 13.7 Å². The van der Waals surface area contributed by atoms with Crippen LogP contribution in [0.2, 0.25) is 0 Å². The van der Waals surface area contributed by atoms with E-state index in [4.69, 9.17) is 9.15 Å². The van der Waals surface area contributed by atoms with Crippen molar-refractivity contribution in [1.82, 2.24) is 0 Å². The molecule has 0 saturated carbocycles. The maximum Gasteiger partial charge on any atom is 0.343 e. The fourth-order valence-electron chi connectivity index (χ4n) is 2.65. The lowest BCUT2D eigenvalue weighted by molar-refractivity contribution is -0.142. The summed E-state index contributed by atoms with van der Waals surface area (Å²) >= 11 is 0.